The molecular formula is C36H37F3N4O7S. The van der Waals surface area contributed by atoms with E-state index in [0.29, 0.717) is 24.1 Å². The van der Waals surface area contributed by atoms with Crippen LogP contribution in [0.4, 0.5) is 13.2 Å². The van der Waals surface area contributed by atoms with Crippen molar-refractivity contribution in [3.63, 3.8) is 0 Å². The molecule has 270 valence electrons. The highest BCUT2D eigenvalue weighted by Gasteiger charge is 2.56. The van der Waals surface area contributed by atoms with Crippen molar-refractivity contribution in [2.45, 2.75) is 81.7 Å². The summed E-state index contributed by atoms with van der Waals surface area (Å²) >= 11 is 0. The molecule has 2 N–H and O–H groups in total. The van der Waals surface area contributed by atoms with Gasteiger partial charge in [-0.05, 0) is 39.2 Å². The van der Waals surface area contributed by atoms with Gasteiger partial charge >= 0.3 is 0 Å². The molecule has 2 amide bonds. The number of hydroxylamine groups is 2. The molecule has 3 aromatic rings. The molecule has 4 atom stereocenters. The summed E-state index contributed by atoms with van der Waals surface area (Å²) in [6.07, 6.45) is 2.99. The summed E-state index contributed by atoms with van der Waals surface area (Å²) in [6, 6.07) is 7.87. The number of rotatable bonds is 7. The molecule has 2 bridgehead atoms. The van der Waals surface area contributed by atoms with Gasteiger partial charge in [-0.15, -0.1) is 0 Å². The first kappa shape index (κ1) is 36.2. The number of carbonyl (C=O) groups excluding carboxylic acids is 2. The highest BCUT2D eigenvalue weighted by molar-refractivity contribution is 7.92. The number of pyridine rings is 1. The normalized spacial score (nSPS) is 23.4. The Bertz CT molecular complexity index is 2130. The van der Waals surface area contributed by atoms with E-state index >= 15 is 8.78 Å². The number of ether oxygens (including phenoxy) is 1. The van der Waals surface area contributed by atoms with Crippen molar-refractivity contribution in [2.75, 3.05) is 12.8 Å². The number of carbonyl (C=O) groups is 2. The third kappa shape index (κ3) is 6.63. The minimum atomic E-state index is -3.67. The van der Waals surface area contributed by atoms with Crippen molar-refractivity contribution in [1.82, 2.24) is 14.5 Å². The molecule has 2 fully saturated rings. The molecule has 1 aromatic heterocycles. The SMILES string of the molecule is C[C@H]1CC[C@]2(CC(C#CC(C)(C)S(C)(=O)=O)N(Cc3c(F)cc(F)cc3F)O2)[C@H]2CN1C(=O)c1c(OCc3ccccc3)c(=O)c(C(N)=O)cn12. The Kier molecular flexibility index (Phi) is 9.32. The van der Waals surface area contributed by atoms with E-state index in [0.717, 1.165) is 6.26 Å². The van der Waals surface area contributed by atoms with Gasteiger partial charge in [0.05, 0.1) is 18.6 Å². The van der Waals surface area contributed by atoms with Gasteiger partial charge in [0.15, 0.2) is 21.3 Å². The maximum Gasteiger partial charge on any atom is 0.274 e. The molecule has 1 spiro atoms. The molecule has 0 saturated carbocycles. The van der Waals surface area contributed by atoms with Crippen LogP contribution in [0, 0.1) is 29.3 Å². The van der Waals surface area contributed by atoms with Crippen molar-refractivity contribution in [3.8, 4) is 17.6 Å². The Hall–Kier alpha value is -4.65. The lowest BCUT2D eigenvalue weighted by atomic mass is 9.83. The van der Waals surface area contributed by atoms with Crippen molar-refractivity contribution in [2.24, 2.45) is 5.73 Å². The Morgan fingerprint density at radius 3 is 2.43 bits per heavy atom. The molecule has 15 heteroatoms. The quantitative estimate of drug-likeness (QED) is 0.362. The molecule has 1 unspecified atom stereocenters. The lowest BCUT2D eigenvalue weighted by Crippen LogP contribution is -2.52. The van der Waals surface area contributed by atoms with Gasteiger partial charge in [0.1, 0.15) is 40.0 Å². The van der Waals surface area contributed by atoms with E-state index in [4.69, 9.17) is 15.3 Å². The van der Waals surface area contributed by atoms with Crippen LogP contribution in [0.15, 0.2) is 53.5 Å². The van der Waals surface area contributed by atoms with Crippen LogP contribution in [0.3, 0.4) is 0 Å². The molecule has 3 aliphatic heterocycles. The zero-order chi connectivity index (χ0) is 37.0. The fourth-order valence-electron chi connectivity index (χ4n) is 6.77. The molecule has 51 heavy (non-hydrogen) atoms. The fraction of sp³-hybridized carbons (Fsp3) is 0.417. The summed E-state index contributed by atoms with van der Waals surface area (Å²) in [5, 5.41) is 1.24. The number of halogens is 3. The van der Waals surface area contributed by atoms with Gasteiger partial charge in [0.2, 0.25) is 5.43 Å². The van der Waals surface area contributed by atoms with Crippen LogP contribution < -0.4 is 15.9 Å². The molecule has 2 saturated heterocycles. The Labute approximate surface area is 293 Å². The van der Waals surface area contributed by atoms with Gasteiger partial charge in [-0.3, -0.25) is 19.2 Å². The van der Waals surface area contributed by atoms with Gasteiger partial charge in [-0.1, -0.05) is 42.2 Å². The number of sulfone groups is 1. The van der Waals surface area contributed by atoms with Crippen LogP contribution in [-0.2, 0) is 27.8 Å². The topological polar surface area (TPSA) is 141 Å². The number of amides is 2. The lowest BCUT2D eigenvalue weighted by molar-refractivity contribution is -0.223. The maximum absolute atomic E-state index is 15.0. The van der Waals surface area contributed by atoms with Crippen molar-refractivity contribution in [1.29, 1.82) is 0 Å². The molecule has 6 rings (SSSR count). The van der Waals surface area contributed by atoms with Gasteiger partial charge in [0.25, 0.3) is 11.8 Å². The molecular weight excluding hydrogens is 689 g/mol. The summed E-state index contributed by atoms with van der Waals surface area (Å²) in [5.41, 5.74) is 3.18. The Morgan fingerprint density at radius 2 is 1.80 bits per heavy atom. The second-order valence-corrected chi connectivity index (χ2v) is 16.4. The average Bonchev–Trinajstić information content (AvgIpc) is 3.35. The Morgan fingerprint density at radius 1 is 1.14 bits per heavy atom. The number of aromatic nitrogens is 1. The number of nitrogens with two attached hydrogens (primary N) is 1. The van der Waals surface area contributed by atoms with E-state index in [2.05, 4.69) is 11.8 Å². The molecule has 0 radical (unpaired) electrons. The number of hydrogen-bond acceptors (Lipinski definition) is 8. The summed E-state index contributed by atoms with van der Waals surface area (Å²) in [7, 11) is -3.67. The second-order valence-electron chi connectivity index (χ2n) is 13.8. The van der Waals surface area contributed by atoms with E-state index in [1.165, 1.54) is 29.7 Å². The predicted octanol–water partition coefficient (Wildman–Crippen LogP) is 3.89. The molecule has 4 heterocycles. The van der Waals surface area contributed by atoms with Gasteiger partial charge < -0.3 is 19.9 Å². The van der Waals surface area contributed by atoms with E-state index in [1.54, 1.807) is 35.2 Å². The van der Waals surface area contributed by atoms with Crippen LogP contribution in [0.1, 0.15) is 78.0 Å². The van der Waals surface area contributed by atoms with Gasteiger partial charge in [-0.25, -0.2) is 21.6 Å². The van der Waals surface area contributed by atoms with Crippen molar-refractivity contribution in [3.05, 3.63) is 98.7 Å². The minimum absolute atomic E-state index is 0.0499. The van der Waals surface area contributed by atoms with Gasteiger partial charge in [-0.2, -0.15) is 5.06 Å². The standard InChI is InChI=1S/C36H37F3N4O7S/c1-21-10-13-36(16-24(11-12-35(2,3)51(4,47)48)43(50-36)18-25-27(38)14-23(37)15-28(25)39)29-19-41(21)34(46)30-32(49-20-22-8-6-5-7-9-22)31(44)26(33(40)45)17-42(29)30/h5-9,14-15,17,21,24,29H,10,13,16,18-20H2,1-4H3,(H2,40,45)/t21-,24?,29+,36-/m0/s1. The molecule has 2 aromatic carbocycles. The summed E-state index contributed by atoms with van der Waals surface area (Å²) in [5.74, 6) is 0.418. The first-order valence-electron chi connectivity index (χ1n) is 16.3. The third-order valence-corrected chi connectivity index (χ3v) is 12.0. The summed E-state index contributed by atoms with van der Waals surface area (Å²) in [4.78, 5) is 48.7. The zero-order valence-corrected chi connectivity index (χ0v) is 29.2. The smallest absolute Gasteiger partial charge is 0.274 e. The fourth-order valence-corrected chi connectivity index (χ4v) is 7.02. The van der Waals surface area contributed by atoms with Crippen molar-refractivity contribution >= 4 is 21.7 Å². The lowest BCUT2D eigenvalue weighted by Gasteiger charge is -2.43. The van der Waals surface area contributed by atoms with Crippen molar-refractivity contribution < 1.29 is 40.8 Å². The number of primary amides is 1. The third-order valence-electron chi connectivity index (χ3n) is 10.0. The first-order valence-corrected chi connectivity index (χ1v) is 18.2. The molecule has 11 nitrogen and oxygen atoms in total. The first-order chi connectivity index (χ1) is 23.9. The Balaban J connectivity index is 1.51. The van der Waals surface area contributed by atoms with Gasteiger partial charge in [0, 0.05) is 49.2 Å². The van der Waals surface area contributed by atoms with Crippen LogP contribution in [-0.4, -0.2) is 70.0 Å². The second kappa shape index (κ2) is 13.2. The van der Waals surface area contributed by atoms with Crippen LogP contribution >= 0.6 is 0 Å². The number of benzene rings is 2. The van der Waals surface area contributed by atoms with E-state index < -0.39 is 84.6 Å². The monoisotopic (exact) mass is 726 g/mol. The molecule has 3 aliphatic rings. The predicted molar refractivity (Wildman–Crippen MR) is 180 cm³/mol. The van der Waals surface area contributed by atoms with E-state index in [1.807, 2.05) is 6.92 Å². The van der Waals surface area contributed by atoms with Crippen LogP contribution in [0.2, 0.25) is 0 Å². The number of hydrogen-bond donors (Lipinski definition) is 1. The average molecular weight is 727 g/mol. The highest BCUT2D eigenvalue weighted by atomic mass is 32.2. The minimum Gasteiger partial charge on any atom is -0.483 e. The largest absolute Gasteiger partial charge is 0.483 e. The van der Waals surface area contributed by atoms with Crippen LogP contribution in [0.25, 0.3) is 0 Å². The number of nitrogens with zero attached hydrogens (tertiary/aromatic N) is 3. The maximum atomic E-state index is 15.0. The summed E-state index contributed by atoms with van der Waals surface area (Å²) < 4.78 is 74.9. The number of fused-ring (bicyclic) bond motifs is 5. The molecule has 0 aliphatic carbocycles. The summed E-state index contributed by atoms with van der Waals surface area (Å²) in [6.45, 7) is 4.12. The van der Waals surface area contributed by atoms with Crippen LogP contribution in [0.5, 0.6) is 5.75 Å². The zero-order valence-electron chi connectivity index (χ0n) is 28.4. The highest BCUT2D eigenvalue weighted by Crippen LogP contribution is 2.49. The van der Waals surface area contributed by atoms with E-state index in [-0.39, 0.29) is 43.5 Å². The van der Waals surface area contributed by atoms with E-state index in [9.17, 15) is 27.2 Å².